The Labute approximate surface area is 127 Å². The zero-order valence-electron chi connectivity index (χ0n) is 13.0. The number of carbonyl (C=O) groups is 1. The van der Waals surface area contributed by atoms with Gasteiger partial charge in [0.25, 0.3) is 0 Å². The van der Waals surface area contributed by atoms with Crippen molar-refractivity contribution in [2.45, 2.75) is 70.5 Å². The van der Waals surface area contributed by atoms with Crippen LogP contribution in [-0.2, 0) is 9.53 Å². The highest BCUT2D eigenvalue weighted by atomic mass is 16.5. The van der Waals surface area contributed by atoms with Crippen LogP contribution in [0.4, 0.5) is 0 Å². The molecule has 21 heavy (non-hydrogen) atoms. The fraction of sp³-hybridized carbons (Fsp3) is 0.833. The Kier molecular flexibility index (Phi) is 4.68. The van der Waals surface area contributed by atoms with Crippen molar-refractivity contribution in [2.24, 2.45) is 23.7 Å². The van der Waals surface area contributed by atoms with Crippen LogP contribution in [0.3, 0.4) is 0 Å². The summed E-state index contributed by atoms with van der Waals surface area (Å²) in [5.74, 6) is 2.72. The second-order valence-corrected chi connectivity index (χ2v) is 7.30. The van der Waals surface area contributed by atoms with Gasteiger partial charge in [0, 0.05) is 6.42 Å². The molecule has 0 aromatic carbocycles. The summed E-state index contributed by atoms with van der Waals surface area (Å²) in [5.41, 5.74) is 0. The normalized spacial score (nSPS) is 43.2. The number of aliphatic hydroxyl groups is 1. The highest BCUT2D eigenvalue weighted by Crippen LogP contribution is 2.45. The van der Waals surface area contributed by atoms with E-state index in [4.69, 9.17) is 4.74 Å². The molecule has 0 aromatic rings. The first-order valence-electron chi connectivity index (χ1n) is 8.69. The smallest absolute Gasteiger partial charge is 0.308 e. The summed E-state index contributed by atoms with van der Waals surface area (Å²) in [6, 6.07) is 0. The van der Waals surface area contributed by atoms with Crippen molar-refractivity contribution in [3.05, 3.63) is 12.2 Å². The van der Waals surface area contributed by atoms with E-state index in [1.807, 2.05) is 0 Å². The molecule has 3 nitrogen and oxygen atoms in total. The summed E-state index contributed by atoms with van der Waals surface area (Å²) in [6.45, 7) is 2.33. The number of cyclic esters (lactones) is 1. The minimum Gasteiger partial charge on any atom is -0.462 e. The molecule has 1 N–H and O–H groups in total. The second-order valence-electron chi connectivity index (χ2n) is 7.30. The van der Waals surface area contributed by atoms with E-state index in [0.29, 0.717) is 12.3 Å². The molecule has 0 amide bonds. The first-order chi connectivity index (χ1) is 10.1. The van der Waals surface area contributed by atoms with Crippen LogP contribution in [0.15, 0.2) is 12.2 Å². The zero-order chi connectivity index (χ0) is 14.8. The minimum absolute atomic E-state index is 0.0682. The van der Waals surface area contributed by atoms with Crippen LogP contribution in [0.1, 0.15) is 58.3 Å². The van der Waals surface area contributed by atoms with E-state index in [-0.39, 0.29) is 18.5 Å². The fourth-order valence-corrected chi connectivity index (χ4v) is 4.70. The monoisotopic (exact) mass is 292 g/mol. The predicted octanol–water partition coefficient (Wildman–Crippen LogP) is 3.46. The number of esters is 1. The molecule has 0 bridgehead atoms. The molecule has 0 radical (unpaired) electrons. The zero-order valence-corrected chi connectivity index (χ0v) is 13.0. The maximum absolute atomic E-state index is 11.4. The Morgan fingerprint density at radius 2 is 2.05 bits per heavy atom. The highest BCUT2D eigenvalue weighted by Gasteiger charge is 2.36. The van der Waals surface area contributed by atoms with E-state index in [1.54, 1.807) is 0 Å². The first kappa shape index (κ1) is 15.1. The quantitative estimate of drug-likeness (QED) is 0.640. The van der Waals surface area contributed by atoms with Gasteiger partial charge in [0.2, 0.25) is 0 Å². The average molecular weight is 292 g/mol. The SMILES string of the molecule is C[C@@H]1C=C[C@H]2CCCC[C@@H]2[C@@H]1CC[C@@H]1C[C@@H](O)CC(=O)O1. The molecule has 1 saturated heterocycles. The van der Waals surface area contributed by atoms with Gasteiger partial charge in [-0.25, -0.2) is 0 Å². The molecular weight excluding hydrogens is 264 g/mol. The van der Waals surface area contributed by atoms with E-state index < -0.39 is 6.10 Å². The third-order valence-corrected chi connectivity index (χ3v) is 5.82. The number of fused-ring (bicyclic) bond motifs is 1. The van der Waals surface area contributed by atoms with E-state index in [1.165, 1.54) is 25.7 Å². The third-order valence-electron chi connectivity index (χ3n) is 5.82. The summed E-state index contributed by atoms with van der Waals surface area (Å²) >= 11 is 0. The van der Waals surface area contributed by atoms with Crippen molar-refractivity contribution in [2.75, 3.05) is 0 Å². The average Bonchev–Trinajstić information content (AvgIpc) is 2.45. The van der Waals surface area contributed by atoms with Gasteiger partial charge in [0.15, 0.2) is 0 Å². The molecule has 1 saturated carbocycles. The van der Waals surface area contributed by atoms with Gasteiger partial charge in [-0.15, -0.1) is 0 Å². The number of ether oxygens (including phenoxy) is 1. The van der Waals surface area contributed by atoms with E-state index >= 15 is 0 Å². The third kappa shape index (κ3) is 3.50. The molecule has 3 heteroatoms. The lowest BCUT2D eigenvalue weighted by atomic mass is 9.64. The molecule has 0 spiro atoms. The van der Waals surface area contributed by atoms with Crippen LogP contribution in [0, 0.1) is 23.7 Å². The van der Waals surface area contributed by atoms with Crippen LogP contribution < -0.4 is 0 Å². The van der Waals surface area contributed by atoms with Gasteiger partial charge >= 0.3 is 5.97 Å². The number of hydrogen-bond donors (Lipinski definition) is 1. The van der Waals surface area contributed by atoms with Crippen LogP contribution in [0.5, 0.6) is 0 Å². The van der Waals surface area contributed by atoms with Crippen molar-refractivity contribution < 1.29 is 14.6 Å². The van der Waals surface area contributed by atoms with Gasteiger partial charge in [-0.1, -0.05) is 31.9 Å². The topological polar surface area (TPSA) is 46.5 Å². The van der Waals surface area contributed by atoms with Gasteiger partial charge < -0.3 is 9.84 Å². The molecular formula is C18H28O3. The van der Waals surface area contributed by atoms with Gasteiger partial charge in [0.1, 0.15) is 6.10 Å². The second kappa shape index (κ2) is 6.51. The van der Waals surface area contributed by atoms with Crippen LogP contribution in [0.2, 0.25) is 0 Å². The van der Waals surface area contributed by atoms with Gasteiger partial charge in [-0.05, 0) is 49.4 Å². The Morgan fingerprint density at radius 1 is 1.24 bits per heavy atom. The van der Waals surface area contributed by atoms with Gasteiger partial charge in [-0.3, -0.25) is 4.79 Å². The van der Waals surface area contributed by atoms with Crippen molar-refractivity contribution in [3.8, 4) is 0 Å². The van der Waals surface area contributed by atoms with Crippen molar-refractivity contribution >= 4 is 5.97 Å². The lowest BCUT2D eigenvalue weighted by Gasteiger charge is -2.42. The highest BCUT2D eigenvalue weighted by molar-refractivity contribution is 5.70. The van der Waals surface area contributed by atoms with Gasteiger partial charge in [0.05, 0.1) is 12.5 Å². The van der Waals surface area contributed by atoms with E-state index in [0.717, 1.165) is 30.6 Å². The first-order valence-corrected chi connectivity index (χ1v) is 8.69. The maximum Gasteiger partial charge on any atom is 0.308 e. The molecule has 1 aliphatic heterocycles. The predicted molar refractivity (Wildman–Crippen MR) is 81.6 cm³/mol. The molecule has 6 atom stereocenters. The lowest BCUT2D eigenvalue weighted by molar-refractivity contribution is -0.160. The van der Waals surface area contributed by atoms with Crippen molar-refractivity contribution in [1.82, 2.24) is 0 Å². The van der Waals surface area contributed by atoms with Crippen LogP contribution >= 0.6 is 0 Å². The summed E-state index contributed by atoms with van der Waals surface area (Å²) in [6.07, 6.45) is 12.6. The fourth-order valence-electron chi connectivity index (χ4n) is 4.70. The molecule has 0 aromatic heterocycles. The summed E-state index contributed by atoms with van der Waals surface area (Å²) in [4.78, 5) is 11.4. The molecule has 3 aliphatic rings. The van der Waals surface area contributed by atoms with Crippen LogP contribution in [0.25, 0.3) is 0 Å². The number of rotatable bonds is 3. The largest absolute Gasteiger partial charge is 0.462 e. The van der Waals surface area contributed by atoms with Crippen molar-refractivity contribution in [3.63, 3.8) is 0 Å². The Bertz CT molecular complexity index is 403. The Balaban J connectivity index is 1.58. The Hall–Kier alpha value is -0.830. The van der Waals surface area contributed by atoms with E-state index in [9.17, 15) is 9.90 Å². The number of allylic oxidation sites excluding steroid dienone is 2. The number of hydrogen-bond acceptors (Lipinski definition) is 3. The summed E-state index contributed by atoms with van der Waals surface area (Å²) in [7, 11) is 0. The van der Waals surface area contributed by atoms with Crippen molar-refractivity contribution in [1.29, 1.82) is 0 Å². The summed E-state index contributed by atoms with van der Waals surface area (Å²) < 4.78 is 5.40. The molecule has 2 fully saturated rings. The molecule has 1 heterocycles. The molecule has 0 unspecified atom stereocenters. The lowest BCUT2D eigenvalue weighted by Crippen LogP contribution is -2.36. The molecule has 3 rings (SSSR count). The number of aliphatic hydroxyl groups excluding tert-OH is 1. The minimum atomic E-state index is -0.498. The Morgan fingerprint density at radius 3 is 2.86 bits per heavy atom. The van der Waals surface area contributed by atoms with E-state index in [2.05, 4.69) is 19.1 Å². The summed E-state index contributed by atoms with van der Waals surface area (Å²) in [5, 5.41) is 9.71. The standard InChI is InChI=1S/C18H28O3/c1-12-6-7-13-4-2-3-5-17(13)16(12)9-8-15-10-14(19)11-18(20)21-15/h6-7,12-17,19H,2-5,8-11H2,1H3/t12-,13-,14-,15-,16-,17+/m1/s1. The maximum atomic E-state index is 11.4. The molecule has 2 aliphatic carbocycles. The van der Waals surface area contributed by atoms with Gasteiger partial charge in [-0.2, -0.15) is 0 Å². The molecule has 118 valence electrons. The van der Waals surface area contributed by atoms with Crippen LogP contribution in [-0.4, -0.2) is 23.3 Å². The number of carbonyl (C=O) groups excluding carboxylic acids is 1.